The Morgan fingerprint density at radius 2 is 1.88 bits per heavy atom. The Morgan fingerprint density at radius 1 is 1.38 bits per heavy atom. The molecule has 8 heavy (non-hydrogen) atoms. The Kier molecular flexibility index (Phi) is 2.45. The molecule has 0 aromatic rings. The van der Waals surface area contributed by atoms with Gasteiger partial charge in [-0.05, 0) is 6.08 Å². The molecule has 0 amide bonds. The van der Waals surface area contributed by atoms with E-state index in [-0.39, 0.29) is 6.42 Å². The molecule has 0 unspecified atom stereocenters. The second kappa shape index (κ2) is 2.64. The van der Waals surface area contributed by atoms with E-state index in [0.717, 1.165) is 6.08 Å². The highest BCUT2D eigenvalue weighted by Crippen LogP contribution is 2.05. The minimum absolute atomic E-state index is 0.122. The molecule has 0 rings (SSSR count). The van der Waals surface area contributed by atoms with Gasteiger partial charge in [0.2, 0.25) is 0 Å². The summed E-state index contributed by atoms with van der Waals surface area (Å²) >= 11 is 0. The van der Waals surface area contributed by atoms with Crippen molar-refractivity contribution in [3.63, 3.8) is 0 Å². The Hall–Kier alpha value is -0.600. The average Bonchev–Trinajstić information content (AvgIpc) is 1.67. The number of hydrogen-bond acceptors (Lipinski definition) is 2. The average molecular weight is 114 g/mol. The first-order chi connectivity index (χ1) is 3.62. The summed E-state index contributed by atoms with van der Waals surface area (Å²) in [6, 6.07) is 0. The second-order valence-electron chi connectivity index (χ2n) is 1.58. The standard InChI is InChI=1S/C6H10O2/c1-3-5-6(7,8)4-2/h3-4,7-8H,1-2,5H2. The van der Waals surface area contributed by atoms with Crippen molar-refractivity contribution in [3.05, 3.63) is 25.3 Å². The van der Waals surface area contributed by atoms with Crippen LogP contribution in [0.25, 0.3) is 0 Å². The summed E-state index contributed by atoms with van der Waals surface area (Å²) in [6.45, 7) is 6.53. The lowest BCUT2D eigenvalue weighted by atomic mass is 10.2. The van der Waals surface area contributed by atoms with Crippen molar-refractivity contribution < 1.29 is 10.2 Å². The van der Waals surface area contributed by atoms with Gasteiger partial charge in [-0.15, -0.1) is 6.58 Å². The topological polar surface area (TPSA) is 40.5 Å². The number of aliphatic hydroxyl groups is 2. The molecule has 0 heterocycles. The minimum Gasteiger partial charge on any atom is -0.362 e. The second-order valence-corrected chi connectivity index (χ2v) is 1.58. The largest absolute Gasteiger partial charge is 0.362 e. The normalized spacial score (nSPS) is 10.8. The van der Waals surface area contributed by atoms with Crippen molar-refractivity contribution in [2.45, 2.75) is 12.2 Å². The van der Waals surface area contributed by atoms with Gasteiger partial charge in [-0.25, -0.2) is 0 Å². The lowest BCUT2D eigenvalue weighted by molar-refractivity contribution is -0.114. The van der Waals surface area contributed by atoms with Crippen LogP contribution in [0.3, 0.4) is 0 Å². The molecule has 0 radical (unpaired) electrons. The highest BCUT2D eigenvalue weighted by atomic mass is 16.5. The molecular weight excluding hydrogens is 104 g/mol. The lowest BCUT2D eigenvalue weighted by Gasteiger charge is -2.12. The molecule has 0 saturated carbocycles. The van der Waals surface area contributed by atoms with E-state index in [4.69, 9.17) is 10.2 Å². The Balaban J connectivity index is 3.70. The molecule has 2 heteroatoms. The SMILES string of the molecule is C=CCC(O)(O)C=C. The van der Waals surface area contributed by atoms with Crippen molar-refractivity contribution in [1.82, 2.24) is 0 Å². The van der Waals surface area contributed by atoms with Crippen LogP contribution in [0.1, 0.15) is 6.42 Å². The fourth-order valence-electron chi connectivity index (χ4n) is 0.296. The molecule has 0 atom stereocenters. The first-order valence-electron chi connectivity index (χ1n) is 2.31. The molecular formula is C6H10O2. The maximum absolute atomic E-state index is 8.69. The van der Waals surface area contributed by atoms with Crippen LogP contribution in [0, 0.1) is 0 Å². The molecule has 0 aromatic heterocycles. The summed E-state index contributed by atoms with van der Waals surface area (Å²) in [6.07, 6.45) is 2.60. The van der Waals surface area contributed by atoms with Crippen LogP contribution in [0.2, 0.25) is 0 Å². The van der Waals surface area contributed by atoms with E-state index in [9.17, 15) is 0 Å². The summed E-state index contributed by atoms with van der Waals surface area (Å²) < 4.78 is 0. The van der Waals surface area contributed by atoms with Gasteiger partial charge in [-0.3, -0.25) is 0 Å². The highest BCUT2D eigenvalue weighted by Gasteiger charge is 2.13. The van der Waals surface area contributed by atoms with E-state index in [0.29, 0.717) is 0 Å². The van der Waals surface area contributed by atoms with E-state index in [2.05, 4.69) is 13.2 Å². The first kappa shape index (κ1) is 7.40. The van der Waals surface area contributed by atoms with Gasteiger partial charge in [0.15, 0.2) is 5.79 Å². The smallest absolute Gasteiger partial charge is 0.185 e. The lowest BCUT2D eigenvalue weighted by Crippen LogP contribution is -2.22. The van der Waals surface area contributed by atoms with Gasteiger partial charge in [0.05, 0.1) is 0 Å². The van der Waals surface area contributed by atoms with Crippen molar-refractivity contribution in [2.75, 3.05) is 0 Å². The molecule has 0 aliphatic carbocycles. The zero-order valence-corrected chi connectivity index (χ0v) is 4.67. The van der Waals surface area contributed by atoms with E-state index in [1.165, 1.54) is 6.08 Å². The summed E-state index contributed by atoms with van der Waals surface area (Å²) in [5.41, 5.74) is 0. The third kappa shape index (κ3) is 2.55. The first-order valence-corrected chi connectivity index (χ1v) is 2.31. The third-order valence-corrected chi connectivity index (χ3v) is 0.772. The van der Waals surface area contributed by atoms with Gasteiger partial charge in [0.1, 0.15) is 0 Å². The summed E-state index contributed by atoms with van der Waals surface area (Å²) in [5, 5.41) is 17.4. The maximum Gasteiger partial charge on any atom is 0.185 e. The predicted octanol–water partition coefficient (Wildman–Crippen LogP) is 0.429. The van der Waals surface area contributed by atoms with Crippen LogP contribution in [0.15, 0.2) is 25.3 Å². The molecule has 0 spiro atoms. The molecule has 2 N–H and O–H groups in total. The monoisotopic (exact) mass is 114 g/mol. The fraction of sp³-hybridized carbons (Fsp3) is 0.333. The molecule has 0 aromatic carbocycles. The van der Waals surface area contributed by atoms with Gasteiger partial charge in [0, 0.05) is 6.42 Å². The quantitative estimate of drug-likeness (QED) is 0.412. The Labute approximate surface area is 48.8 Å². The van der Waals surface area contributed by atoms with Crippen LogP contribution >= 0.6 is 0 Å². The van der Waals surface area contributed by atoms with Gasteiger partial charge >= 0.3 is 0 Å². The molecule has 46 valence electrons. The maximum atomic E-state index is 8.69. The van der Waals surface area contributed by atoms with E-state index < -0.39 is 5.79 Å². The zero-order chi connectivity index (χ0) is 6.62. The highest BCUT2D eigenvalue weighted by molar-refractivity contribution is 4.90. The van der Waals surface area contributed by atoms with Gasteiger partial charge in [0.25, 0.3) is 0 Å². The minimum atomic E-state index is -1.76. The van der Waals surface area contributed by atoms with E-state index in [1.54, 1.807) is 0 Å². The molecule has 0 aliphatic heterocycles. The molecule has 2 nitrogen and oxygen atoms in total. The van der Waals surface area contributed by atoms with Crippen molar-refractivity contribution in [3.8, 4) is 0 Å². The van der Waals surface area contributed by atoms with E-state index >= 15 is 0 Å². The molecule has 0 bridgehead atoms. The summed E-state index contributed by atoms with van der Waals surface area (Å²) in [5.74, 6) is -1.76. The van der Waals surface area contributed by atoms with Crippen LogP contribution in [-0.4, -0.2) is 16.0 Å². The van der Waals surface area contributed by atoms with Crippen LogP contribution in [0.5, 0.6) is 0 Å². The molecule has 0 fully saturated rings. The van der Waals surface area contributed by atoms with Gasteiger partial charge in [-0.2, -0.15) is 0 Å². The fourth-order valence-corrected chi connectivity index (χ4v) is 0.296. The van der Waals surface area contributed by atoms with E-state index in [1.807, 2.05) is 0 Å². The zero-order valence-electron chi connectivity index (χ0n) is 4.67. The third-order valence-electron chi connectivity index (χ3n) is 0.772. The predicted molar refractivity (Wildman–Crippen MR) is 32.2 cm³/mol. The van der Waals surface area contributed by atoms with Crippen molar-refractivity contribution in [2.24, 2.45) is 0 Å². The van der Waals surface area contributed by atoms with Crippen LogP contribution < -0.4 is 0 Å². The number of rotatable bonds is 3. The number of hydrogen-bond donors (Lipinski definition) is 2. The molecule has 0 saturated heterocycles. The van der Waals surface area contributed by atoms with Gasteiger partial charge < -0.3 is 10.2 Å². The van der Waals surface area contributed by atoms with Crippen molar-refractivity contribution >= 4 is 0 Å². The van der Waals surface area contributed by atoms with Crippen LogP contribution in [-0.2, 0) is 0 Å². The summed E-state index contributed by atoms with van der Waals surface area (Å²) in [4.78, 5) is 0. The van der Waals surface area contributed by atoms with Crippen molar-refractivity contribution in [1.29, 1.82) is 0 Å². The van der Waals surface area contributed by atoms with Gasteiger partial charge in [-0.1, -0.05) is 12.7 Å². The molecule has 0 aliphatic rings. The summed E-state index contributed by atoms with van der Waals surface area (Å²) in [7, 11) is 0. The Bertz CT molecular complexity index is 94.7. The van der Waals surface area contributed by atoms with Crippen LogP contribution in [0.4, 0.5) is 0 Å². The Morgan fingerprint density at radius 3 is 2.00 bits per heavy atom.